The fraction of sp³-hybridized carbons (Fsp3) is 0.167. The topological polar surface area (TPSA) is 129 Å². The molecule has 9 nitrogen and oxygen atoms in total. The number of nitrogens with zero attached hydrogens (tertiary/aromatic N) is 2. The average molecular weight is 290 g/mol. The van der Waals surface area contributed by atoms with Crippen LogP contribution in [-0.4, -0.2) is 28.3 Å². The summed E-state index contributed by atoms with van der Waals surface area (Å²) in [5.41, 5.74) is -1.64. The fourth-order valence-electron chi connectivity index (χ4n) is 1.76. The molecular weight excluding hydrogens is 280 g/mol. The van der Waals surface area contributed by atoms with E-state index in [0.717, 1.165) is 0 Å². The van der Waals surface area contributed by atoms with E-state index in [0.29, 0.717) is 30.4 Å². The van der Waals surface area contributed by atoms with Gasteiger partial charge in [-0.05, 0) is 12.1 Å². The van der Waals surface area contributed by atoms with Gasteiger partial charge in [-0.15, -0.1) is 5.11 Å². The van der Waals surface area contributed by atoms with Crippen LogP contribution in [0, 0.1) is 0 Å². The molecule has 108 valence electrons. The molecule has 3 rings (SSSR count). The fourth-order valence-corrected chi connectivity index (χ4v) is 1.76. The third-order valence-corrected chi connectivity index (χ3v) is 2.69. The van der Waals surface area contributed by atoms with Crippen LogP contribution in [0.4, 0.5) is 11.4 Å². The molecule has 3 N–H and O–H groups in total. The Kier molecular flexibility index (Phi) is 3.14. The van der Waals surface area contributed by atoms with Gasteiger partial charge in [-0.3, -0.25) is 14.8 Å². The Balaban J connectivity index is 1.93. The van der Waals surface area contributed by atoms with Crippen molar-refractivity contribution in [2.75, 3.05) is 13.2 Å². The molecule has 0 saturated heterocycles. The lowest BCUT2D eigenvalue weighted by molar-refractivity contribution is 0.171. The minimum Gasteiger partial charge on any atom is -0.493 e. The molecule has 0 amide bonds. The Hall–Kier alpha value is -3.10. The first kappa shape index (κ1) is 12.9. The van der Waals surface area contributed by atoms with Gasteiger partial charge in [-0.25, -0.2) is 4.79 Å². The van der Waals surface area contributed by atoms with Gasteiger partial charge in [0.1, 0.15) is 13.2 Å². The molecule has 0 saturated carbocycles. The predicted octanol–water partition coefficient (Wildman–Crippen LogP) is 0.955. The zero-order chi connectivity index (χ0) is 14.8. The van der Waals surface area contributed by atoms with Gasteiger partial charge in [0.25, 0.3) is 5.56 Å². The van der Waals surface area contributed by atoms with E-state index in [-0.39, 0.29) is 5.69 Å². The molecule has 0 bridgehead atoms. The van der Waals surface area contributed by atoms with E-state index in [4.69, 9.17) is 9.47 Å². The zero-order valence-corrected chi connectivity index (χ0v) is 10.6. The number of nitrogens with one attached hydrogen (secondary N) is 2. The molecule has 2 aromatic rings. The number of hydrogen-bond acceptors (Lipinski definition) is 7. The second-order valence-corrected chi connectivity index (χ2v) is 4.13. The smallest absolute Gasteiger partial charge is 0.328 e. The van der Waals surface area contributed by atoms with Gasteiger partial charge in [0.05, 0.1) is 5.69 Å². The number of benzene rings is 1. The van der Waals surface area contributed by atoms with Crippen molar-refractivity contribution in [1.82, 2.24) is 9.97 Å². The van der Waals surface area contributed by atoms with Crippen LogP contribution in [0.15, 0.2) is 38.0 Å². The normalized spacial score (nSPS) is 13.5. The highest BCUT2D eigenvalue weighted by Crippen LogP contribution is 2.34. The summed E-state index contributed by atoms with van der Waals surface area (Å²) in [4.78, 5) is 26.4. The number of aromatic nitrogens is 2. The van der Waals surface area contributed by atoms with E-state index in [1.54, 1.807) is 18.2 Å². The van der Waals surface area contributed by atoms with Gasteiger partial charge in [0.15, 0.2) is 11.5 Å². The minimum absolute atomic E-state index is 0.385. The Morgan fingerprint density at radius 3 is 2.57 bits per heavy atom. The molecule has 9 heteroatoms. The lowest BCUT2D eigenvalue weighted by Gasteiger charge is -2.17. The third kappa shape index (κ3) is 2.61. The SMILES string of the molecule is O=c1[nH]c(O)c(N=Nc2ccc3c(c2)OCCO3)c(=O)[nH]1. The molecule has 1 aromatic carbocycles. The van der Waals surface area contributed by atoms with Crippen molar-refractivity contribution >= 4 is 11.4 Å². The van der Waals surface area contributed by atoms with Crippen LogP contribution >= 0.6 is 0 Å². The second-order valence-electron chi connectivity index (χ2n) is 4.13. The van der Waals surface area contributed by atoms with Gasteiger partial charge in [0.2, 0.25) is 11.6 Å². The highest BCUT2D eigenvalue weighted by Gasteiger charge is 2.12. The molecular formula is C12H10N4O5. The number of azo groups is 1. The molecule has 1 aliphatic rings. The summed E-state index contributed by atoms with van der Waals surface area (Å²) in [7, 11) is 0. The number of H-pyrrole nitrogens is 2. The van der Waals surface area contributed by atoms with Gasteiger partial charge in [-0.2, -0.15) is 5.11 Å². The van der Waals surface area contributed by atoms with Crippen molar-refractivity contribution in [3.8, 4) is 17.4 Å². The van der Waals surface area contributed by atoms with Crippen LogP contribution in [0.2, 0.25) is 0 Å². The lowest BCUT2D eigenvalue weighted by Crippen LogP contribution is -2.20. The summed E-state index contributed by atoms with van der Waals surface area (Å²) >= 11 is 0. The Bertz CT molecular complexity index is 823. The van der Waals surface area contributed by atoms with Crippen LogP contribution in [0.1, 0.15) is 0 Å². The van der Waals surface area contributed by atoms with E-state index in [1.165, 1.54) is 0 Å². The maximum atomic E-state index is 11.5. The van der Waals surface area contributed by atoms with Gasteiger partial charge >= 0.3 is 5.69 Å². The highest BCUT2D eigenvalue weighted by molar-refractivity contribution is 5.52. The van der Waals surface area contributed by atoms with E-state index in [9.17, 15) is 14.7 Å². The summed E-state index contributed by atoms with van der Waals surface area (Å²) in [6.07, 6.45) is 0. The number of aromatic hydroxyl groups is 1. The number of fused-ring (bicyclic) bond motifs is 1. The Morgan fingerprint density at radius 2 is 1.81 bits per heavy atom. The summed E-state index contributed by atoms with van der Waals surface area (Å²) in [6.45, 7) is 0.919. The van der Waals surface area contributed by atoms with Gasteiger partial charge in [-0.1, -0.05) is 0 Å². The molecule has 0 spiro atoms. The third-order valence-electron chi connectivity index (χ3n) is 2.69. The van der Waals surface area contributed by atoms with Crippen molar-refractivity contribution < 1.29 is 14.6 Å². The molecule has 1 aromatic heterocycles. The van der Waals surface area contributed by atoms with E-state index >= 15 is 0 Å². The summed E-state index contributed by atoms with van der Waals surface area (Å²) in [6, 6.07) is 4.88. The molecule has 0 unspecified atom stereocenters. The predicted molar refractivity (Wildman–Crippen MR) is 71.0 cm³/mol. The molecule has 2 heterocycles. The number of ether oxygens (including phenoxy) is 2. The van der Waals surface area contributed by atoms with Crippen molar-refractivity contribution in [3.05, 3.63) is 39.0 Å². The maximum Gasteiger partial charge on any atom is 0.328 e. The summed E-state index contributed by atoms with van der Waals surface area (Å²) < 4.78 is 10.7. The summed E-state index contributed by atoms with van der Waals surface area (Å²) in [5, 5.41) is 16.9. The highest BCUT2D eigenvalue weighted by atomic mass is 16.6. The van der Waals surface area contributed by atoms with Crippen molar-refractivity contribution in [3.63, 3.8) is 0 Å². The van der Waals surface area contributed by atoms with Gasteiger partial charge in [0, 0.05) is 6.07 Å². The van der Waals surface area contributed by atoms with Gasteiger partial charge < -0.3 is 14.6 Å². The minimum atomic E-state index is -0.836. The quantitative estimate of drug-likeness (QED) is 0.709. The van der Waals surface area contributed by atoms with Crippen molar-refractivity contribution in [2.45, 2.75) is 0 Å². The molecule has 1 aliphatic heterocycles. The monoisotopic (exact) mass is 290 g/mol. The van der Waals surface area contributed by atoms with Crippen LogP contribution in [0.3, 0.4) is 0 Å². The Labute approximate surface area is 116 Å². The molecule has 21 heavy (non-hydrogen) atoms. The zero-order valence-electron chi connectivity index (χ0n) is 10.6. The van der Waals surface area contributed by atoms with Crippen molar-refractivity contribution in [1.29, 1.82) is 0 Å². The molecule has 0 radical (unpaired) electrons. The molecule has 0 atom stereocenters. The van der Waals surface area contributed by atoms with E-state index in [2.05, 4.69) is 10.2 Å². The average Bonchev–Trinajstić information content (AvgIpc) is 2.46. The first-order chi connectivity index (χ1) is 10.1. The number of rotatable bonds is 2. The largest absolute Gasteiger partial charge is 0.493 e. The number of aromatic amines is 2. The van der Waals surface area contributed by atoms with E-state index in [1.807, 2.05) is 9.97 Å². The summed E-state index contributed by atoms with van der Waals surface area (Å²) in [5.74, 6) is 0.479. The lowest BCUT2D eigenvalue weighted by atomic mass is 10.2. The van der Waals surface area contributed by atoms with Crippen LogP contribution < -0.4 is 20.7 Å². The molecule has 0 fully saturated rings. The first-order valence-electron chi connectivity index (χ1n) is 6.00. The standard InChI is InChI=1S/C12H10N4O5/c17-10-9(11(18)14-12(19)13-10)16-15-6-1-2-7-8(5-6)21-4-3-20-7/h1-2,5H,3-4H2,(H3,13,14,17,18,19). The second kappa shape index (κ2) is 5.12. The van der Waals surface area contributed by atoms with Crippen molar-refractivity contribution in [2.24, 2.45) is 10.2 Å². The maximum absolute atomic E-state index is 11.5. The van der Waals surface area contributed by atoms with Crippen LogP contribution in [0.5, 0.6) is 17.4 Å². The van der Waals surface area contributed by atoms with Crippen LogP contribution in [-0.2, 0) is 0 Å². The molecule has 0 aliphatic carbocycles. The van der Waals surface area contributed by atoms with E-state index < -0.39 is 17.1 Å². The van der Waals surface area contributed by atoms with Crippen LogP contribution in [0.25, 0.3) is 0 Å². The Morgan fingerprint density at radius 1 is 1.05 bits per heavy atom. The first-order valence-corrected chi connectivity index (χ1v) is 6.00. The number of hydrogen-bond donors (Lipinski definition) is 3.